The predicted molar refractivity (Wildman–Crippen MR) is 109 cm³/mol. The van der Waals surface area contributed by atoms with Gasteiger partial charge in [-0.3, -0.25) is 9.59 Å². The Kier molecular flexibility index (Phi) is 16.7. The molecule has 0 spiro atoms. The normalized spacial score (nSPS) is 12.0. The summed E-state index contributed by atoms with van der Waals surface area (Å²) >= 11 is 0. The average molecular weight is 370 g/mol. The van der Waals surface area contributed by atoms with Gasteiger partial charge in [0.2, 0.25) is 5.91 Å². The number of nitrogens with zero attached hydrogens (tertiary/aromatic N) is 1. The minimum absolute atomic E-state index is 0.147. The van der Waals surface area contributed by atoms with Gasteiger partial charge >= 0.3 is 5.97 Å². The third kappa shape index (κ3) is 15.2. The minimum Gasteiger partial charge on any atom is -0.469 e. The Morgan fingerprint density at radius 2 is 1.35 bits per heavy atom. The third-order valence-electron chi connectivity index (χ3n) is 5.09. The van der Waals surface area contributed by atoms with Gasteiger partial charge in [-0.05, 0) is 25.2 Å². The van der Waals surface area contributed by atoms with Crippen LogP contribution in [0.3, 0.4) is 0 Å². The molecule has 0 bridgehead atoms. The second-order valence-corrected chi connectivity index (χ2v) is 7.72. The summed E-state index contributed by atoms with van der Waals surface area (Å²) in [6.07, 6.45) is 15.5. The molecule has 0 aliphatic rings. The van der Waals surface area contributed by atoms with Gasteiger partial charge in [0.25, 0.3) is 0 Å². The van der Waals surface area contributed by atoms with Gasteiger partial charge in [-0.1, -0.05) is 71.6 Å². The van der Waals surface area contributed by atoms with Crippen molar-refractivity contribution in [1.82, 2.24) is 4.90 Å². The van der Waals surface area contributed by atoms with Crippen LogP contribution in [0.5, 0.6) is 0 Å². The van der Waals surface area contributed by atoms with E-state index in [1.54, 1.807) is 6.92 Å². The van der Waals surface area contributed by atoms with Gasteiger partial charge in [0.05, 0.1) is 7.11 Å². The number of hydrogen-bond acceptors (Lipinski definition) is 3. The molecule has 4 heteroatoms. The molecule has 0 saturated heterocycles. The molecule has 0 aromatic heterocycles. The van der Waals surface area contributed by atoms with Crippen molar-refractivity contribution in [2.45, 2.75) is 104 Å². The van der Waals surface area contributed by atoms with Crippen LogP contribution in [-0.2, 0) is 14.3 Å². The minimum atomic E-state index is -0.147. The molecule has 0 radical (unpaired) electrons. The molecule has 0 saturated carbocycles. The standard InChI is InChI=1S/C22H43NO3/c1-5-6-7-8-9-10-11-12-13-14-17-23(21(3)24)18-15-16-20(2)19-22(25)26-4/h20H,5-19H2,1-4H3. The van der Waals surface area contributed by atoms with E-state index in [1.807, 2.05) is 4.90 Å². The maximum absolute atomic E-state index is 11.8. The maximum atomic E-state index is 11.8. The van der Waals surface area contributed by atoms with Gasteiger partial charge in [-0.25, -0.2) is 0 Å². The quantitative estimate of drug-likeness (QED) is 0.243. The molecule has 0 aromatic carbocycles. The molecule has 4 nitrogen and oxygen atoms in total. The van der Waals surface area contributed by atoms with Crippen LogP contribution < -0.4 is 0 Å². The van der Waals surface area contributed by atoms with Crippen LogP contribution in [-0.4, -0.2) is 37.0 Å². The lowest BCUT2D eigenvalue weighted by Gasteiger charge is -2.22. The van der Waals surface area contributed by atoms with Crippen LogP contribution in [0, 0.1) is 5.92 Å². The van der Waals surface area contributed by atoms with Crippen molar-refractivity contribution in [3.8, 4) is 0 Å². The molecule has 0 aromatic rings. The lowest BCUT2D eigenvalue weighted by Crippen LogP contribution is -2.31. The number of rotatable bonds is 17. The average Bonchev–Trinajstić information content (AvgIpc) is 2.61. The Bertz CT molecular complexity index is 357. The molecule has 1 unspecified atom stereocenters. The first-order valence-electron chi connectivity index (χ1n) is 10.8. The fourth-order valence-electron chi connectivity index (χ4n) is 3.32. The summed E-state index contributed by atoms with van der Waals surface area (Å²) in [6, 6.07) is 0. The summed E-state index contributed by atoms with van der Waals surface area (Å²) in [7, 11) is 1.43. The van der Waals surface area contributed by atoms with E-state index >= 15 is 0 Å². The molecular formula is C22H43NO3. The van der Waals surface area contributed by atoms with Crippen molar-refractivity contribution in [2.24, 2.45) is 5.92 Å². The highest BCUT2D eigenvalue weighted by molar-refractivity contribution is 5.73. The van der Waals surface area contributed by atoms with Crippen LogP contribution in [0.15, 0.2) is 0 Å². The second-order valence-electron chi connectivity index (χ2n) is 7.72. The molecule has 0 N–H and O–H groups in total. The first-order valence-corrected chi connectivity index (χ1v) is 10.8. The van der Waals surface area contributed by atoms with E-state index in [2.05, 4.69) is 13.8 Å². The number of hydrogen-bond donors (Lipinski definition) is 0. The Labute approximate surface area is 162 Å². The number of carbonyl (C=O) groups excluding carboxylic acids is 2. The van der Waals surface area contributed by atoms with E-state index in [-0.39, 0.29) is 11.9 Å². The van der Waals surface area contributed by atoms with Crippen molar-refractivity contribution in [1.29, 1.82) is 0 Å². The molecule has 1 amide bonds. The van der Waals surface area contributed by atoms with Crippen molar-refractivity contribution >= 4 is 11.9 Å². The smallest absolute Gasteiger partial charge is 0.305 e. The number of esters is 1. The highest BCUT2D eigenvalue weighted by atomic mass is 16.5. The SMILES string of the molecule is CCCCCCCCCCCCN(CCCC(C)CC(=O)OC)C(C)=O. The molecular weight excluding hydrogens is 326 g/mol. The van der Waals surface area contributed by atoms with Gasteiger partial charge in [0, 0.05) is 26.4 Å². The summed E-state index contributed by atoms with van der Waals surface area (Å²) < 4.78 is 4.70. The van der Waals surface area contributed by atoms with Crippen LogP contribution in [0.1, 0.15) is 104 Å². The number of ether oxygens (including phenoxy) is 1. The highest BCUT2D eigenvalue weighted by Crippen LogP contribution is 2.13. The first kappa shape index (κ1) is 24.9. The lowest BCUT2D eigenvalue weighted by molar-refractivity contribution is -0.141. The molecule has 1 atom stereocenters. The van der Waals surface area contributed by atoms with E-state index < -0.39 is 0 Å². The summed E-state index contributed by atoms with van der Waals surface area (Å²) in [4.78, 5) is 25.0. The van der Waals surface area contributed by atoms with E-state index in [0.717, 1.165) is 32.4 Å². The van der Waals surface area contributed by atoms with Gasteiger partial charge in [-0.15, -0.1) is 0 Å². The largest absolute Gasteiger partial charge is 0.469 e. The molecule has 0 rings (SSSR count). The Balaban J connectivity index is 3.68. The zero-order chi connectivity index (χ0) is 19.6. The van der Waals surface area contributed by atoms with Crippen LogP contribution in [0.4, 0.5) is 0 Å². The molecule has 0 heterocycles. The van der Waals surface area contributed by atoms with E-state index in [4.69, 9.17) is 4.74 Å². The zero-order valence-corrected chi connectivity index (χ0v) is 17.9. The summed E-state index contributed by atoms with van der Waals surface area (Å²) in [5, 5.41) is 0. The van der Waals surface area contributed by atoms with E-state index in [1.165, 1.54) is 64.9 Å². The molecule has 154 valence electrons. The van der Waals surface area contributed by atoms with Gasteiger partial charge in [0.1, 0.15) is 0 Å². The van der Waals surface area contributed by atoms with Crippen molar-refractivity contribution in [3.63, 3.8) is 0 Å². The Hall–Kier alpha value is -1.06. The highest BCUT2D eigenvalue weighted by Gasteiger charge is 2.12. The molecule has 26 heavy (non-hydrogen) atoms. The number of methoxy groups -OCH3 is 1. The van der Waals surface area contributed by atoms with Crippen LogP contribution in [0.2, 0.25) is 0 Å². The zero-order valence-electron chi connectivity index (χ0n) is 17.9. The molecule has 0 fully saturated rings. The van der Waals surface area contributed by atoms with Crippen molar-refractivity contribution in [3.05, 3.63) is 0 Å². The molecule has 0 aliphatic heterocycles. The van der Waals surface area contributed by atoms with Crippen molar-refractivity contribution < 1.29 is 14.3 Å². The fraction of sp³-hybridized carbons (Fsp3) is 0.909. The molecule has 0 aliphatic carbocycles. The fourth-order valence-corrected chi connectivity index (χ4v) is 3.32. The Morgan fingerprint density at radius 3 is 1.85 bits per heavy atom. The number of carbonyl (C=O) groups is 2. The lowest BCUT2D eigenvalue weighted by atomic mass is 10.0. The van der Waals surface area contributed by atoms with E-state index in [9.17, 15) is 9.59 Å². The monoisotopic (exact) mass is 369 g/mol. The van der Waals surface area contributed by atoms with Gasteiger partial charge < -0.3 is 9.64 Å². The summed E-state index contributed by atoms with van der Waals surface area (Å²) in [5.41, 5.74) is 0. The topological polar surface area (TPSA) is 46.6 Å². The maximum Gasteiger partial charge on any atom is 0.305 e. The first-order chi connectivity index (χ1) is 12.5. The number of unbranched alkanes of at least 4 members (excludes halogenated alkanes) is 9. The van der Waals surface area contributed by atoms with Crippen molar-refractivity contribution in [2.75, 3.05) is 20.2 Å². The Morgan fingerprint density at radius 1 is 0.846 bits per heavy atom. The van der Waals surface area contributed by atoms with Gasteiger partial charge in [-0.2, -0.15) is 0 Å². The summed E-state index contributed by atoms with van der Waals surface area (Å²) in [5.74, 6) is 0.335. The predicted octanol–water partition coefficient (Wildman–Crippen LogP) is 5.74. The second kappa shape index (κ2) is 17.4. The van der Waals surface area contributed by atoms with Gasteiger partial charge in [0.15, 0.2) is 0 Å². The summed E-state index contributed by atoms with van der Waals surface area (Å²) in [6.45, 7) is 7.66. The van der Waals surface area contributed by atoms with Crippen LogP contribution >= 0.6 is 0 Å². The van der Waals surface area contributed by atoms with Crippen LogP contribution in [0.25, 0.3) is 0 Å². The van der Waals surface area contributed by atoms with E-state index in [0.29, 0.717) is 12.3 Å². The number of amides is 1. The third-order valence-corrected chi connectivity index (χ3v) is 5.09.